The third kappa shape index (κ3) is 3.53. The van der Waals surface area contributed by atoms with E-state index in [1.54, 1.807) is 0 Å². The monoisotopic (exact) mass is 357 g/mol. The number of carbonyl (C=O) groups is 1. The molecule has 3 saturated heterocycles. The highest BCUT2D eigenvalue weighted by Gasteiger charge is 2.44. The number of carbonyl (C=O) groups excluding carboxylic acids is 1. The smallest absolute Gasteiger partial charge is 0.227 e. The second-order valence-electron chi connectivity index (χ2n) is 8.08. The minimum atomic E-state index is 0.231. The molecule has 142 valence electrons. The predicted octanol–water partition coefficient (Wildman–Crippen LogP) is 1.51. The molecule has 3 aliphatic rings. The maximum atomic E-state index is 13.2. The molecule has 5 heteroatoms. The Hall–Kier alpha value is -1.43. The lowest BCUT2D eigenvalue weighted by atomic mass is 9.92. The van der Waals surface area contributed by atoms with Crippen LogP contribution in [0, 0.1) is 13.8 Å². The first-order chi connectivity index (χ1) is 12.6. The SMILES string of the molecule is Cc1ccc(CC(=O)N2CCN[C@@H]3COCC(N4CCCC4)[C@H]32)cc1C. The second-order valence-corrected chi connectivity index (χ2v) is 8.08. The number of amides is 1. The number of hydrogen-bond donors (Lipinski definition) is 1. The van der Waals surface area contributed by atoms with Crippen LogP contribution in [0.1, 0.15) is 29.5 Å². The van der Waals surface area contributed by atoms with E-state index in [0.717, 1.165) is 38.3 Å². The van der Waals surface area contributed by atoms with E-state index < -0.39 is 0 Å². The first-order valence-electron chi connectivity index (χ1n) is 10.0. The zero-order valence-electron chi connectivity index (χ0n) is 16.0. The zero-order valence-corrected chi connectivity index (χ0v) is 16.0. The van der Waals surface area contributed by atoms with Gasteiger partial charge in [-0.05, 0) is 56.5 Å². The number of likely N-dealkylation sites (tertiary alicyclic amines) is 1. The Labute approximate surface area is 156 Å². The molecule has 0 spiro atoms. The normalized spacial score (nSPS) is 29.6. The van der Waals surface area contributed by atoms with Crippen molar-refractivity contribution in [3.8, 4) is 0 Å². The molecule has 1 N–H and O–H groups in total. The van der Waals surface area contributed by atoms with Crippen molar-refractivity contribution in [2.45, 2.75) is 51.2 Å². The number of aryl methyl sites for hydroxylation is 2. The molecule has 5 nitrogen and oxygen atoms in total. The first kappa shape index (κ1) is 18.0. The van der Waals surface area contributed by atoms with Gasteiger partial charge in [0.2, 0.25) is 5.91 Å². The van der Waals surface area contributed by atoms with E-state index in [2.05, 4.69) is 47.2 Å². The van der Waals surface area contributed by atoms with Crippen LogP contribution in [-0.2, 0) is 16.0 Å². The summed E-state index contributed by atoms with van der Waals surface area (Å²) in [6.45, 7) is 9.62. The summed E-state index contributed by atoms with van der Waals surface area (Å²) in [4.78, 5) is 17.9. The predicted molar refractivity (Wildman–Crippen MR) is 102 cm³/mol. The molecular formula is C21H31N3O2. The van der Waals surface area contributed by atoms with Crippen LogP contribution in [0.5, 0.6) is 0 Å². The average molecular weight is 357 g/mol. The van der Waals surface area contributed by atoms with Gasteiger partial charge in [-0.2, -0.15) is 0 Å². The van der Waals surface area contributed by atoms with Crippen LogP contribution < -0.4 is 5.32 Å². The van der Waals surface area contributed by atoms with Crippen LogP contribution >= 0.6 is 0 Å². The van der Waals surface area contributed by atoms with Crippen LogP contribution in [0.3, 0.4) is 0 Å². The molecular weight excluding hydrogens is 326 g/mol. The third-order valence-corrected chi connectivity index (χ3v) is 6.37. The van der Waals surface area contributed by atoms with Crippen molar-refractivity contribution in [2.24, 2.45) is 0 Å². The van der Waals surface area contributed by atoms with Crippen LogP contribution in [-0.4, -0.2) is 73.2 Å². The van der Waals surface area contributed by atoms with E-state index in [9.17, 15) is 4.79 Å². The molecule has 3 atom stereocenters. The van der Waals surface area contributed by atoms with Gasteiger partial charge in [-0.15, -0.1) is 0 Å². The van der Waals surface area contributed by atoms with Gasteiger partial charge in [0.05, 0.1) is 37.8 Å². The van der Waals surface area contributed by atoms with Gasteiger partial charge >= 0.3 is 0 Å². The molecule has 1 unspecified atom stereocenters. The topological polar surface area (TPSA) is 44.8 Å². The van der Waals surface area contributed by atoms with Crippen LogP contribution in [0.4, 0.5) is 0 Å². The number of rotatable bonds is 3. The van der Waals surface area contributed by atoms with Crippen LogP contribution in [0.15, 0.2) is 18.2 Å². The summed E-state index contributed by atoms with van der Waals surface area (Å²) >= 11 is 0. The highest BCUT2D eigenvalue weighted by atomic mass is 16.5. The summed E-state index contributed by atoms with van der Waals surface area (Å²) < 4.78 is 5.90. The lowest BCUT2D eigenvalue weighted by Gasteiger charge is -2.50. The van der Waals surface area contributed by atoms with Gasteiger partial charge in [0.15, 0.2) is 0 Å². The molecule has 1 aromatic rings. The Morgan fingerprint density at radius 3 is 2.73 bits per heavy atom. The Morgan fingerprint density at radius 1 is 1.15 bits per heavy atom. The highest BCUT2D eigenvalue weighted by molar-refractivity contribution is 5.79. The van der Waals surface area contributed by atoms with Crippen LogP contribution in [0.25, 0.3) is 0 Å². The lowest BCUT2D eigenvalue weighted by Crippen LogP contribution is -2.70. The lowest BCUT2D eigenvalue weighted by molar-refractivity contribution is -0.142. The Bertz CT molecular complexity index is 655. The fourth-order valence-electron chi connectivity index (χ4n) is 4.78. The minimum absolute atomic E-state index is 0.231. The Kier molecular flexibility index (Phi) is 5.30. The molecule has 3 heterocycles. The number of hydrogen-bond acceptors (Lipinski definition) is 4. The number of ether oxygens (including phenoxy) is 1. The number of nitrogens with zero attached hydrogens (tertiary/aromatic N) is 2. The largest absolute Gasteiger partial charge is 0.378 e. The first-order valence-corrected chi connectivity index (χ1v) is 10.0. The molecule has 26 heavy (non-hydrogen) atoms. The molecule has 0 aliphatic carbocycles. The highest BCUT2D eigenvalue weighted by Crippen LogP contribution is 2.26. The fourth-order valence-corrected chi connectivity index (χ4v) is 4.78. The summed E-state index contributed by atoms with van der Waals surface area (Å²) in [5, 5.41) is 3.59. The Balaban J connectivity index is 1.52. The van der Waals surface area contributed by atoms with E-state index in [0.29, 0.717) is 19.1 Å². The van der Waals surface area contributed by atoms with Gasteiger partial charge in [-0.3, -0.25) is 9.69 Å². The molecule has 0 saturated carbocycles. The summed E-state index contributed by atoms with van der Waals surface area (Å²) in [6, 6.07) is 7.20. The van der Waals surface area contributed by atoms with Gasteiger partial charge in [0.1, 0.15) is 0 Å². The number of nitrogens with one attached hydrogen (secondary N) is 1. The van der Waals surface area contributed by atoms with Crippen molar-refractivity contribution >= 4 is 5.91 Å². The fraction of sp³-hybridized carbons (Fsp3) is 0.667. The molecule has 0 bridgehead atoms. The molecule has 1 aromatic carbocycles. The quantitative estimate of drug-likeness (QED) is 0.891. The zero-order chi connectivity index (χ0) is 18.1. The summed E-state index contributed by atoms with van der Waals surface area (Å²) in [7, 11) is 0. The van der Waals surface area contributed by atoms with Gasteiger partial charge in [0.25, 0.3) is 0 Å². The standard InChI is InChI=1S/C21H31N3O2/c1-15-5-6-17(11-16(15)2)12-20(25)24-10-7-22-18-13-26-14-19(21(18)24)23-8-3-4-9-23/h5-6,11,18-19,21-22H,3-4,7-10,12-14H2,1-2H3/t18-,19?,21+/m1/s1. The number of benzene rings is 1. The molecule has 3 aliphatic heterocycles. The van der Waals surface area contributed by atoms with Gasteiger partial charge in [0, 0.05) is 13.1 Å². The second kappa shape index (κ2) is 7.67. The number of fused-ring (bicyclic) bond motifs is 1. The van der Waals surface area contributed by atoms with Gasteiger partial charge in [-0.1, -0.05) is 18.2 Å². The third-order valence-electron chi connectivity index (χ3n) is 6.37. The van der Waals surface area contributed by atoms with E-state index in [1.165, 1.54) is 24.0 Å². The van der Waals surface area contributed by atoms with Crippen molar-refractivity contribution in [3.05, 3.63) is 34.9 Å². The van der Waals surface area contributed by atoms with Crippen molar-refractivity contribution in [1.29, 1.82) is 0 Å². The maximum Gasteiger partial charge on any atom is 0.227 e. The summed E-state index contributed by atoms with van der Waals surface area (Å²) in [6.07, 6.45) is 3.02. The number of piperazine rings is 1. The molecule has 1 amide bonds. The Morgan fingerprint density at radius 2 is 1.96 bits per heavy atom. The molecule has 0 aromatic heterocycles. The van der Waals surface area contributed by atoms with Gasteiger partial charge < -0.3 is 15.0 Å². The summed E-state index contributed by atoms with van der Waals surface area (Å²) in [5.74, 6) is 0.260. The minimum Gasteiger partial charge on any atom is -0.378 e. The van der Waals surface area contributed by atoms with Crippen molar-refractivity contribution in [2.75, 3.05) is 39.4 Å². The summed E-state index contributed by atoms with van der Waals surface area (Å²) in [5.41, 5.74) is 3.66. The van der Waals surface area contributed by atoms with Crippen molar-refractivity contribution in [3.63, 3.8) is 0 Å². The van der Waals surface area contributed by atoms with E-state index >= 15 is 0 Å². The van der Waals surface area contributed by atoms with E-state index in [4.69, 9.17) is 4.74 Å². The van der Waals surface area contributed by atoms with Gasteiger partial charge in [-0.25, -0.2) is 0 Å². The van der Waals surface area contributed by atoms with E-state index in [1.807, 2.05) is 0 Å². The van der Waals surface area contributed by atoms with E-state index in [-0.39, 0.29) is 18.0 Å². The average Bonchev–Trinajstić information content (AvgIpc) is 3.18. The van der Waals surface area contributed by atoms with Crippen molar-refractivity contribution < 1.29 is 9.53 Å². The van der Waals surface area contributed by atoms with Crippen molar-refractivity contribution in [1.82, 2.24) is 15.1 Å². The maximum absolute atomic E-state index is 13.2. The molecule has 4 rings (SSSR count). The molecule has 3 fully saturated rings. The van der Waals surface area contributed by atoms with Crippen LogP contribution in [0.2, 0.25) is 0 Å². The molecule has 0 radical (unpaired) electrons.